The van der Waals surface area contributed by atoms with Crippen molar-refractivity contribution in [1.29, 1.82) is 0 Å². The van der Waals surface area contributed by atoms with E-state index in [9.17, 15) is 9.90 Å². The molecule has 0 fully saturated rings. The molecule has 25 heavy (non-hydrogen) atoms. The SMILES string of the molecule is CCCCN(Cc1ccc(O)cc1)C(=NC(=O)c1ccccc1)SC. The van der Waals surface area contributed by atoms with E-state index in [2.05, 4.69) is 16.8 Å². The normalized spacial score (nSPS) is 11.4. The van der Waals surface area contributed by atoms with Gasteiger partial charge in [0.1, 0.15) is 5.75 Å². The molecule has 0 radical (unpaired) electrons. The molecule has 1 N–H and O–H groups in total. The standard InChI is InChI=1S/C20H24N2O2S/c1-3-4-14-22(15-16-10-12-18(23)13-11-16)20(25-2)21-19(24)17-8-6-5-7-9-17/h5-13,23H,3-4,14-15H2,1-2H3. The maximum Gasteiger partial charge on any atom is 0.279 e. The van der Waals surface area contributed by atoms with Gasteiger partial charge in [0, 0.05) is 18.7 Å². The molecule has 2 rings (SSSR count). The fraction of sp³-hybridized carbons (Fsp3) is 0.300. The van der Waals surface area contributed by atoms with Gasteiger partial charge in [-0.1, -0.05) is 55.4 Å². The highest BCUT2D eigenvalue weighted by molar-refractivity contribution is 8.13. The average molecular weight is 356 g/mol. The minimum Gasteiger partial charge on any atom is -0.508 e. The summed E-state index contributed by atoms with van der Waals surface area (Å²) in [7, 11) is 0. The van der Waals surface area contributed by atoms with Gasteiger partial charge < -0.3 is 10.0 Å². The Morgan fingerprint density at radius 2 is 1.80 bits per heavy atom. The Morgan fingerprint density at radius 1 is 1.12 bits per heavy atom. The fourth-order valence-electron chi connectivity index (χ4n) is 2.39. The number of aromatic hydroxyl groups is 1. The Kier molecular flexibility index (Phi) is 7.54. The number of hydrogen-bond donors (Lipinski definition) is 1. The van der Waals surface area contributed by atoms with Crippen molar-refractivity contribution in [3.8, 4) is 5.75 Å². The van der Waals surface area contributed by atoms with E-state index in [1.165, 1.54) is 11.8 Å². The Hall–Kier alpha value is -2.27. The number of aliphatic imine (C=N–C) groups is 1. The first-order valence-corrected chi connectivity index (χ1v) is 9.61. The summed E-state index contributed by atoms with van der Waals surface area (Å²) in [5.74, 6) is 0.0269. The third-order valence-electron chi connectivity index (χ3n) is 3.76. The zero-order chi connectivity index (χ0) is 18.1. The van der Waals surface area contributed by atoms with E-state index < -0.39 is 0 Å². The van der Waals surface area contributed by atoms with Crippen molar-refractivity contribution in [2.75, 3.05) is 12.8 Å². The lowest BCUT2D eigenvalue weighted by Crippen LogP contribution is -2.30. The summed E-state index contributed by atoms with van der Waals surface area (Å²) in [6.45, 7) is 3.63. The van der Waals surface area contributed by atoms with Crippen LogP contribution in [-0.4, -0.2) is 33.9 Å². The van der Waals surface area contributed by atoms with E-state index in [0.717, 1.165) is 30.1 Å². The molecular weight excluding hydrogens is 332 g/mol. The van der Waals surface area contributed by atoms with Crippen LogP contribution in [0, 0.1) is 0 Å². The van der Waals surface area contributed by atoms with Crippen LogP contribution in [0.4, 0.5) is 0 Å². The second-order valence-electron chi connectivity index (χ2n) is 5.71. The molecule has 0 saturated heterocycles. The topological polar surface area (TPSA) is 52.9 Å². The molecule has 0 saturated carbocycles. The van der Waals surface area contributed by atoms with Crippen molar-refractivity contribution < 1.29 is 9.90 Å². The van der Waals surface area contributed by atoms with Crippen LogP contribution in [0.3, 0.4) is 0 Å². The van der Waals surface area contributed by atoms with Crippen molar-refractivity contribution in [2.45, 2.75) is 26.3 Å². The minimum absolute atomic E-state index is 0.225. The number of amides is 1. The number of phenols is 1. The van der Waals surface area contributed by atoms with E-state index in [4.69, 9.17) is 0 Å². The molecule has 2 aromatic rings. The lowest BCUT2D eigenvalue weighted by atomic mass is 10.2. The molecule has 0 heterocycles. The summed E-state index contributed by atoms with van der Waals surface area (Å²) in [6.07, 6.45) is 4.03. The molecule has 2 aromatic carbocycles. The second kappa shape index (κ2) is 9.89. The highest BCUT2D eigenvalue weighted by Gasteiger charge is 2.14. The maximum absolute atomic E-state index is 12.4. The summed E-state index contributed by atoms with van der Waals surface area (Å²) in [5.41, 5.74) is 1.66. The van der Waals surface area contributed by atoms with Gasteiger partial charge in [0.15, 0.2) is 5.17 Å². The Balaban J connectivity index is 2.21. The number of carbonyl (C=O) groups is 1. The lowest BCUT2D eigenvalue weighted by molar-refractivity contribution is 0.100. The number of nitrogens with zero attached hydrogens (tertiary/aromatic N) is 2. The predicted molar refractivity (Wildman–Crippen MR) is 105 cm³/mol. The first-order valence-electron chi connectivity index (χ1n) is 8.39. The Bertz CT molecular complexity index is 699. The number of unbranched alkanes of at least 4 members (excludes halogenated alkanes) is 1. The maximum atomic E-state index is 12.4. The zero-order valence-corrected chi connectivity index (χ0v) is 15.5. The number of benzene rings is 2. The quantitative estimate of drug-likeness (QED) is 0.609. The van der Waals surface area contributed by atoms with Gasteiger partial charge in [-0.25, -0.2) is 0 Å². The number of amidine groups is 1. The number of phenolic OH excluding ortho intramolecular Hbond substituents is 1. The van der Waals surface area contributed by atoms with Crippen molar-refractivity contribution in [3.63, 3.8) is 0 Å². The average Bonchev–Trinajstić information content (AvgIpc) is 2.65. The molecule has 0 spiro atoms. The Labute approximate surface area is 153 Å². The number of carbonyl (C=O) groups excluding carboxylic acids is 1. The first kappa shape index (κ1) is 19.1. The predicted octanol–water partition coefficient (Wildman–Crippen LogP) is 4.55. The molecule has 5 heteroatoms. The first-order chi connectivity index (χ1) is 12.1. The van der Waals surface area contributed by atoms with Crippen molar-refractivity contribution in [3.05, 3.63) is 65.7 Å². The molecule has 0 aliphatic rings. The van der Waals surface area contributed by atoms with E-state index in [0.29, 0.717) is 12.1 Å². The molecular formula is C20H24N2O2S. The van der Waals surface area contributed by atoms with Gasteiger partial charge in [-0.05, 0) is 42.5 Å². The van der Waals surface area contributed by atoms with Crippen LogP contribution in [0.25, 0.3) is 0 Å². The minimum atomic E-state index is -0.225. The van der Waals surface area contributed by atoms with Gasteiger partial charge in [-0.15, -0.1) is 0 Å². The summed E-state index contributed by atoms with van der Waals surface area (Å²) in [6, 6.07) is 16.3. The van der Waals surface area contributed by atoms with Gasteiger partial charge in [-0.2, -0.15) is 4.99 Å². The summed E-state index contributed by atoms with van der Waals surface area (Å²) in [4.78, 5) is 18.9. The monoisotopic (exact) mass is 356 g/mol. The van der Waals surface area contributed by atoms with Crippen molar-refractivity contribution in [2.24, 2.45) is 4.99 Å². The zero-order valence-electron chi connectivity index (χ0n) is 14.7. The summed E-state index contributed by atoms with van der Waals surface area (Å²) in [5, 5.41) is 10.2. The van der Waals surface area contributed by atoms with Crippen LogP contribution < -0.4 is 0 Å². The second-order valence-corrected chi connectivity index (χ2v) is 6.48. The van der Waals surface area contributed by atoms with Crippen molar-refractivity contribution in [1.82, 2.24) is 4.90 Å². The molecule has 0 unspecified atom stereocenters. The molecule has 1 amide bonds. The van der Waals surface area contributed by atoms with Crippen LogP contribution in [0.15, 0.2) is 59.6 Å². The molecule has 0 bridgehead atoms. The number of rotatable bonds is 6. The van der Waals surface area contributed by atoms with Crippen LogP contribution in [0.5, 0.6) is 5.75 Å². The van der Waals surface area contributed by atoms with E-state index in [-0.39, 0.29) is 11.7 Å². The highest BCUT2D eigenvalue weighted by Crippen LogP contribution is 2.16. The third-order valence-corrected chi connectivity index (χ3v) is 4.48. The van der Waals surface area contributed by atoms with Crippen LogP contribution in [0.2, 0.25) is 0 Å². The van der Waals surface area contributed by atoms with E-state index >= 15 is 0 Å². The molecule has 0 aliphatic heterocycles. The van der Waals surface area contributed by atoms with Gasteiger partial charge >= 0.3 is 0 Å². The van der Waals surface area contributed by atoms with Crippen molar-refractivity contribution >= 4 is 22.8 Å². The van der Waals surface area contributed by atoms with Crippen LogP contribution >= 0.6 is 11.8 Å². The molecule has 0 aliphatic carbocycles. The molecule has 0 atom stereocenters. The largest absolute Gasteiger partial charge is 0.508 e. The summed E-state index contributed by atoms with van der Waals surface area (Å²) >= 11 is 1.48. The Morgan fingerprint density at radius 3 is 2.40 bits per heavy atom. The number of thioether (sulfide) groups is 1. The lowest BCUT2D eigenvalue weighted by Gasteiger charge is -2.25. The third kappa shape index (κ3) is 5.94. The van der Waals surface area contributed by atoms with Crippen LogP contribution in [-0.2, 0) is 6.54 Å². The van der Waals surface area contributed by atoms with E-state index in [1.807, 2.05) is 36.6 Å². The number of hydrogen-bond acceptors (Lipinski definition) is 3. The van der Waals surface area contributed by atoms with Gasteiger partial charge in [0.2, 0.25) is 0 Å². The molecule has 4 nitrogen and oxygen atoms in total. The van der Waals surface area contributed by atoms with Gasteiger partial charge in [0.05, 0.1) is 0 Å². The van der Waals surface area contributed by atoms with E-state index in [1.54, 1.807) is 24.3 Å². The highest BCUT2D eigenvalue weighted by atomic mass is 32.2. The molecule has 132 valence electrons. The molecule has 0 aromatic heterocycles. The van der Waals surface area contributed by atoms with Gasteiger partial charge in [-0.3, -0.25) is 4.79 Å². The fourth-order valence-corrected chi connectivity index (χ4v) is 2.98. The summed E-state index contributed by atoms with van der Waals surface area (Å²) < 4.78 is 0. The van der Waals surface area contributed by atoms with Gasteiger partial charge in [0.25, 0.3) is 5.91 Å². The van der Waals surface area contributed by atoms with Crippen LogP contribution in [0.1, 0.15) is 35.7 Å². The smallest absolute Gasteiger partial charge is 0.279 e.